The Balaban J connectivity index is 2.34. The first-order valence-electron chi connectivity index (χ1n) is 7.75. The molecule has 1 fully saturated rings. The predicted octanol–water partition coefficient (Wildman–Crippen LogP) is 3.02. The Kier molecular flexibility index (Phi) is 7.50. The molecule has 22 heavy (non-hydrogen) atoms. The van der Waals surface area contributed by atoms with Crippen LogP contribution in [0.3, 0.4) is 0 Å². The van der Waals surface area contributed by atoms with Crippen LogP contribution in [0.5, 0.6) is 0 Å². The third kappa shape index (κ3) is 8.11. The summed E-state index contributed by atoms with van der Waals surface area (Å²) in [5.74, 6) is 0. The Morgan fingerprint density at radius 2 is 1.86 bits per heavy atom. The maximum Gasteiger partial charge on any atom is 0.335 e. The van der Waals surface area contributed by atoms with Gasteiger partial charge >= 0.3 is 6.03 Å². The van der Waals surface area contributed by atoms with Crippen LogP contribution in [0, 0.1) is 0 Å². The average Bonchev–Trinajstić information content (AvgIpc) is 2.43. The zero-order valence-corrected chi connectivity index (χ0v) is 14.6. The molecule has 0 heterocycles. The number of rotatable bonds is 4. The molecule has 0 atom stereocenters. The van der Waals surface area contributed by atoms with E-state index < -0.39 is 11.7 Å². The van der Waals surface area contributed by atoms with Crippen molar-refractivity contribution in [2.75, 3.05) is 0 Å². The van der Waals surface area contributed by atoms with Crippen molar-refractivity contribution < 1.29 is 9.53 Å². The zero-order chi connectivity index (χ0) is 16.6. The van der Waals surface area contributed by atoms with Crippen LogP contribution in [0.1, 0.15) is 59.8 Å². The second kappa shape index (κ2) is 8.87. The smallest absolute Gasteiger partial charge is 0.335 e. The van der Waals surface area contributed by atoms with Crippen LogP contribution >= 0.6 is 12.2 Å². The second-order valence-electron chi connectivity index (χ2n) is 6.22. The molecule has 1 saturated carbocycles. The molecule has 7 nitrogen and oxygen atoms in total. The first-order valence-corrected chi connectivity index (χ1v) is 8.16. The minimum absolute atomic E-state index is 0.0504. The molecule has 2 amide bonds. The lowest BCUT2D eigenvalue weighted by molar-refractivity contribution is 0.210. The summed E-state index contributed by atoms with van der Waals surface area (Å²) in [4.78, 5) is 11.8. The zero-order valence-electron chi connectivity index (χ0n) is 13.8. The quantitative estimate of drug-likeness (QED) is 0.420. The number of hydrogen-bond acceptors (Lipinski definition) is 5. The highest BCUT2D eigenvalue weighted by molar-refractivity contribution is 7.80. The first kappa shape index (κ1) is 18.6. The van der Waals surface area contributed by atoms with Crippen LogP contribution in [0.4, 0.5) is 4.79 Å². The molecule has 0 radical (unpaired) electrons. The molecule has 3 N–H and O–H groups in total. The number of hydrazine groups is 1. The largest absolute Gasteiger partial charge is 0.467 e. The van der Waals surface area contributed by atoms with Crippen LogP contribution in [-0.4, -0.2) is 29.0 Å². The van der Waals surface area contributed by atoms with Crippen LogP contribution < -0.4 is 16.2 Å². The van der Waals surface area contributed by atoms with E-state index in [4.69, 9.17) is 17.0 Å². The van der Waals surface area contributed by atoms with E-state index >= 15 is 0 Å². The lowest BCUT2D eigenvalue weighted by Crippen LogP contribution is -2.53. The summed E-state index contributed by atoms with van der Waals surface area (Å²) >= 11 is 4.91. The Bertz CT molecular complexity index is 406. The summed E-state index contributed by atoms with van der Waals surface area (Å²) in [6.45, 7) is 7.29. The Morgan fingerprint density at radius 3 is 2.45 bits per heavy atom. The predicted molar refractivity (Wildman–Crippen MR) is 89.4 cm³/mol. The monoisotopic (exact) mass is 329 g/mol. The molecular weight excluding hydrogens is 302 g/mol. The third-order valence-electron chi connectivity index (χ3n) is 3.09. The van der Waals surface area contributed by atoms with E-state index in [1.807, 2.05) is 13.8 Å². The van der Waals surface area contributed by atoms with Gasteiger partial charge in [-0.25, -0.2) is 10.2 Å². The van der Waals surface area contributed by atoms with Gasteiger partial charge in [0.15, 0.2) is 0 Å². The molecule has 0 saturated heterocycles. The lowest BCUT2D eigenvalue weighted by Gasteiger charge is -2.23. The highest BCUT2D eigenvalue weighted by Crippen LogP contribution is 2.21. The van der Waals surface area contributed by atoms with E-state index in [2.05, 4.69) is 26.4 Å². The molecule has 8 heteroatoms. The van der Waals surface area contributed by atoms with E-state index in [0.29, 0.717) is 0 Å². The molecule has 0 aromatic rings. The van der Waals surface area contributed by atoms with Gasteiger partial charge in [-0.15, -0.1) is 0 Å². The molecule has 0 unspecified atom stereocenters. The minimum atomic E-state index is -0.774. The van der Waals surface area contributed by atoms with Crippen molar-refractivity contribution in [1.82, 2.24) is 16.2 Å². The summed E-state index contributed by atoms with van der Waals surface area (Å²) in [6.07, 6.45) is 5.79. The molecule has 0 bridgehead atoms. The number of thiocarbonyl (C=S) groups is 1. The number of hydrogen-bond donors (Lipinski definition) is 3. The SMILES string of the molecule is CC(C)OC(=S)NNC(=O)NC(C)(C)/N=N/C1CCCCC1. The van der Waals surface area contributed by atoms with E-state index in [9.17, 15) is 4.79 Å². The number of carbonyl (C=O) groups is 1. The Hall–Kier alpha value is -1.44. The van der Waals surface area contributed by atoms with Crippen molar-refractivity contribution in [3.8, 4) is 0 Å². The molecule has 0 aromatic carbocycles. The van der Waals surface area contributed by atoms with Crippen molar-refractivity contribution in [3.63, 3.8) is 0 Å². The van der Waals surface area contributed by atoms with E-state index in [0.717, 1.165) is 12.8 Å². The third-order valence-corrected chi connectivity index (χ3v) is 3.28. The molecular formula is C14H27N5O2S. The number of carbonyl (C=O) groups excluding carboxylic acids is 1. The summed E-state index contributed by atoms with van der Waals surface area (Å²) in [6, 6.07) is -0.162. The van der Waals surface area contributed by atoms with E-state index in [1.165, 1.54) is 19.3 Å². The molecule has 126 valence electrons. The summed E-state index contributed by atoms with van der Waals surface area (Å²) in [5.41, 5.74) is 4.16. The Morgan fingerprint density at radius 1 is 1.23 bits per heavy atom. The van der Waals surface area contributed by atoms with E-state index in [-0.39, 0.29) is 17.3 Å². The van der Waals surface area contributed by atoms with Gasteiger partial charge in [-0.3, -0.25) is 5.43 Å². The topological polar surface area (TPSA) is 87.1 Å². The average molecular weight is 329 g/mol. The first-order chi connectivity index (χ1) is 10.3. The molecule has 0 aromatic heterocycles. The van der Waals surface area contributed by atoms with Crippen LogP contribution in [-0.2, 0) is 4.74 Å². The fourth-order valence-electron chi connectivity index (χ4n) is 2.11. The summed E-state index contributed by atoms with van der Waals surface area (Å²) in [7, 11) is 0. The lowest BCUT2D eigenvalue weighted by atomic mass is 9.96. The van der Waals surface area contributed by atoms with Crippen molar-refractivity contribution >= 4 is 23.4 Å². The van der Waals surface area contributed by atoms with Crippen LogP contribution in [0.2, 0.25) is 0 Å². The van der Waals surface area contributed by atoms with Crippen molar-refractivity contribution in [2.24, 2.45) is 10.2 Å². The van der Waals surface area contributed by atoms with Crippen LogP contribution in [0.15, 0.2) is 10.2 Å². The van der Waals surface area contributed by atoms with Gasteiger partial charge in [-0.05, 0) is 52.8 Å². The number of amides is 2. The van der Waals surface area contributed by atoms with Gasteiger partial charge in [0.25, 0.3) is 5.17 Å². The van der Waals surface area contributed by atoms with Gasteiger partial charge in [-0.2, -0.15) is 10.2 Å². The fourth-order valence-corrected chi connectivity index (χ4v) is 2.35. The number of nitrogens with zero attached hydrogens (tertiary/aromatic N) is 2. The van der Waals surface area contributed by atoms with Crippen molar-refractivity contribution in [1.29, 1.82) is 0 Å². The number of nitrogens with one attached hydrogen (secondary N) is 3. The molecule has 0 spiro atoms. The van der Waals surface area contributed by atoms with Gasteiger partial charge < -0.3 is 10.1 Å². The summed E-state index contributed by atoms with van der Waals surface area (Å²) in [5, 5.41) is 11.4. The standard InChI is InChI=1S/C14H27N5O2S/c1-10(2)21-13(22)18-17-12(20)15-14(3,4)19-16-11-8-6-5-7-9-11/h10-11H,5-9H2,1-4H3,(H,18,22)(H2,15,17,20)/b19-16+. The molecule has 1 aliphatic rings. The van der Waals surface area contributed by atoms with Crippen molar-refractivity contribution in [3.05, 3.63) is 0 Å². The number of urea groups is 1. The number of azo groups is 1. The van der Waals surface area contributed by atoms with Gasteiger partial charge in [0, 0.05) is 0 Å². The van der Waals surface area contributed by atoms with Crippen molar-refractivity contribution in [2.45, 2.75) is 77.6 Å². The van der Waals surface area contributed by atoms with Gasteiger partial charge in [0.2, 0.25) is 0 Å². The second-order valence-corrected chi connectivity index (χ2v) is 6.60. The maximum atomic E-state index is 11.8. The fraction of sp³-hybridized carbons (Fsp3) is 0.857. The molecule has 1 aliphatic carbocycles. The maximum absolute atomic E-state index is 11.8. The van der Waals surface area contributed by atoms with E-state index in [1.54, 1.807) is 13.8 Å². The summed E-state index contributed by atoms with van der Waals surface area (Å²) < 4.78 is 5.19. The number of ether oxygens (including phenoxy) is 1. The van der Waals surface area contributed by atoms with Gasteiger partial charge in [0.05, 0.1) is 12.1 Å². The van der Waals surface area contributed by atoms with Gasteiger partial charge in [0.1, 0.15) is 5.66 Å². The van der Waals surface area contributed by atoms with Gasteiger partial charge in [-0.1, -0.05) is 19.3 Å². The minimum Gasteiger partial charge on any atom is -0.467 e. The normalized spacial score (nSPS) is 16.6. The molecule has 1 rings (SSSR count). The highest BCUT2D eigenvalue weighted by atomic mass is 32.1. The van der Waals surface area contributed by atoms with Crippen LogP contribution in [0.25, 0.3) is 0 Å². The molecule has 0 aliphatic heterocycles. The highest BCUT2D eigenvalue weighted by Gasteiger charge is 2.21. The Labute approximate surface area is 137 Å².